The molecule has 4 nitrogen and oxygen atoms in total. The quantitative estimate of drug-likeness (QED) is 0.787. The van der Waals surface area contributed by atoms with Gasteiger partial charge in [-0.2, -0.15) is 0 Å². The van der Waals surface area contributed by atoms with E-state index in [1.807, 2.05) is 7.11 Å². The van der Waals surface area contributed by atoms with Gasteiger partial charge in [0.25, 0.3) is 0 Å². The van der Waals surface area contributed by atoms with Crippen molar-refractivity contribution < 1.29 is 14.2 Å². The molecule has 0 aliphatic carbocycles. The summed E-state index contributed by atoms with van der Waals surface area (Å²) >= 11 is 0. The third kappa shape index (κ3) is 2.81. The standard InChI is InChI=1S/C13H25NO3/c1-3-14-12(11-4-7-17-10-11)13(15-2)5-8-16-9-6-13/h11-12,14H,3-10H2,1-2H3. The molecule has 4 heteroatoms. The van der Waals surface area contributed by atoms with E-state index in [2.05, 4.69) is 12.2 Å². The van der Waals surface area contributed by atoms with Gasteiger partial charge in [-0.25, -0.2) is 0 Å². The second kappa shape index (κ2) is 6.14. The largest absolute Gasteiger partial charge is 0.381 e. The molecule has 0 spiro atoms. The molecule has 0 aromatic carbocycles. The van der Waals surface area contributed by atoms with Crippen LogP contribution in [0.15, 0.2) is 0 Å². The first-order valence-corrected chi connectivity index (χ1v) is 6.76. The van der Waals surface area contributed by atoms with Crippen molar-refractivity contribution in [2.75, 3.05) is 40.1 Å². The van der Waals surface area contributed by atoms with Crippen LogP contribution in [0.1, 0.15) is 26.2 Å². The molecule has 0 aromatic heterocycles. The van der Waals surface area contributed by atoms with Gasteiger partial charge in [0.05, 0.1) is 12.2 Å². The number of rotatable bonds is 5. The van der Waals surface area contributed by atoms with Gasteiger partial charge in [-0.05, 0) is 13.0 Å². The maximum absolute atomic E-state index is 5.91. The van der Waals surface area contributed by atoms with Crippen LogP contribution in [0.25, 0.3) is 0 Å². The molecule has 2 heterocycles. The number of likely N-dealkylation sites (N-methyl/N-ethyl adjacent to an activating group) is 1. The van der Waals surface area contributed by atoms with E-state index in [9.17, 15) is 0 Å². The first-order valence-electron chi connectivity index (χ1n) is 6.76. The second-order valence-electron chi connectivity index (χ2n) is 5.04. The Bertz CT molecular complexity index is 223. The topological polar surface area (TPSA) is 39.7 Å². The zero-order valence-corrected chi connectivity index (χ0v) is 11.0. The second-order valence-corrected chi connectivity index (χ2v) is 5.04. The van der Waals surface area contributed by atoms with Gasteiger partial charge in [0.2, 0.25) is 0 Å². The summed E-state index contributed by atoms with van der Waals surface area (Å²) in [5, 5.41) is 3.63. The molecule has 0 saturated carbocycles. The van der Waals surface area contributed by atoms with Crippen LogP contribution < -0.4 is 5.32 Å². The molecule has 17 heavy (non-hydrogen) atoms. The van der Waals surface area contributed by atoms with Crippen LogP contribution in [-0.2, 0) is 14.2 Å². The summed E-state index contributed by atoms with van der Waals surface area (Å²) < 4.78 is 16.9. The van der Waals surface area contributed by atoms with Crippen LogP contribution >= 0.6 is 0 Å². The van der Waals surface area contributed by atoms with Crippen LogP contribution in [0.4, 0.5) is 0 Å². The minimum absolute atomic E-state index is 0.0629. The molecule has 0 bridgehead atoms. The maximum Gasteiger partial charge on any atom is 0.0878 e. The third-order valence-electron chi connectivity index (χ3n) is 4.17. The first-order chi connectivity index (χ1) is 8.32. The highest BCUT2D eigenvalue weighted by molar-refractivity contribution is 4.99. The van der Waals surface area contributed by atoms with Crippen LogP contribution in [-0.4, -0.2) is 51.7 Å². The molecule has 2 saturated heterocycles. The fraction of sp³-hybridized carbons (Fsp3) is 1.00. The smallest absolute Gasteiger partial charge is 0.0878 e. The Morgan fingerprint density at radius 2 is 2.06 bits per heavy atom. The lowest BCUT2D eigenvalue weighted by molar-refractivity contribution is -0.120. The molecule has 0 amide bonds. The molecule has 1 N–H and O–H groups in total. The van der Waals surface area contributed by atoms with Crippen molar-refractivity contribution in [2.45, 2.75) is 37.8 Å². The molecule has 2 aliphatic heterocycles. The van der Waals surface area contributed by atoms with E-state index >= 15 is 0 Å². The normalized spacial score (nSPS) is 30.4. The van der Waals surface area contributed by atoms with Gasteiger partial charge in [0, 0.05) is 51.7 Å². The fourth-order valence-corrected chi connectivity index (χ4v) is 3.18. The van der Waals surface area contributed by atoms with Crippen molar-refractivity contribution in [2.24, 2.45) is 5.92 Å². The molecule has 2 aliphatic rings. The highest BCUT2D eigenvalue weighted by Crippen LogP contribution is 2.34. The molecule has 0 radical (unpaired) electrons. The predicted octanol–water partition coefficient (Wildman–Crippen LogP) is 1.20. The molecule has 2 atom stereocenters. The molecule has 100 valence electrons. The van der Waals surface area contributed by atoms with Gasteiger partial charge in [-0.1, -0.05) is 6.92 Å². The van der Waals surface area contributed by atoms with Crippen molar-refractivity contribution >= 4 is 0 Å². The molecule has 2 rings (SSSR count). The lowest BCUT2D eigenvalue weighted by atomic mass is 9.78. The van der Waals surface area contributed by atoms with E-state index in [0.717, 1.165) is 52.2 Å². The molecule has 0 aromatic rings. The van der Waals surface area contributed by atoms with Gasteiger partial charge in [-0.3, -0.25) is 0 Å². The zero-order valence-electron chi connectivity index (χ0n) is 11.0. The molecule has 2 fully saturated rings. The number of methoxy groups -OCH3 is 1. The van der Waals surface area contributed by atoms with Crippen LogP contribution in [0, 0.1) is 5.92 Å². The summed E-state index contributed by atoms with van der Waals surface area (Å²) in [6.45, 7) is 6.51. The van der Waals surface area contributed by atoms with Crippen LogP contribution in [0.5, 0.6) is 0 Å². The minimum Gasteiger partial charge on any atom is -0.381 e. The summed E-state index contributed by atoms with van der Waals surface area (Å²) in [6.07, 6.45) is 3.11. The Morgan fingerprint density at radius 3 is 2.59 bits per heavy atom. The Labute approximate surface area is 104 Å². The average molecular weight is 243 g/mol. The summed E-state index contributed by atoms with van der Waals surface area (Å²) in [4.78, 5) is 0. The summed E-state index contributed by atoms with van der Waals surface area (Å²) in [6, 6.07) is 0.393. The number of nitrogens with one attached hydrogen (secondary N) is 1. The van der Waals surface area contributed by atoms with Gasteiger partial charge in [-0.15, -0.1) is 0 Å². The lowest BCUT2D eigenvalue weighted by Gasteiger charge is -2.45. The molecular weight excluding hydrogens is 218 g/mol. The summed E-state index contributed by atoms with van der Waals surface area (Å²) in [5.74, 6) is 0.577. The highest BCUT2D eigenvalue weighted by Gasteiger charge is 2.44. The summed E-state index contributed by atoms with van der Waals surface area (Å²) in [7, 11) is 1.84. The SMILES string of the molecule is CCNC(C1CCOC1)C1(OC)CCOCC1. The van der Waals surface area contributed by atoms with E-state index in [4.69, 9.17) is 14.2 Å². The summed E-state index contributed by atoms with van der Waals surface area (Å²) in [5.41, 5.74) is -0.0629. The van der Waals surface area contributed by atoms with E-state index < -0.39 is 0 Å². The molecular formula is C13H25NO3. The van der Waals surface area contributed by atoms with Crippen molar-refractivity contribution in [1.82, 2.24) is 5.32 Å². The van der Waals surface area contributed by atoms with E-state index in [1.165, 1.54) is 0 Å². The van der Waals surface area contributed by atoms with Crippen molar-refractivity contribution in [1.29, 1.82) is 0 Å². The van der Waals surface area contributed by atoms with Crippen molar-refractivity contribution in [3.05, 3.63) is 0 Å². The van der Waals surface area contributed by atoms with Crippen molar-refractivity contribution in [3.8, 4) is 0 Å². The third-order valence-corrected chi connectivity index (χ3v) is 4.17. The Kier molecular flexibility index (Phi) is 4.79. The highest BCUT2D eigenvalue weighted by atomic mass is 16.5. The van der Waals surface area contributed by atoms with E-state index in [1.54, 1.807) is 0 Å². The van der Waals surface area contributed by atoms with Gasteiger partial charge in [0.1, 0.15) is 0 Å². The number of hydrogen-bond acceptors (Lipinski definition) is 4. The van der Waals surface area contributed by atoms with Crippen LogP contribution in [0.3, 0.4) is 0 Å². The number of ether oxygens (including phenoxy) is 3. The lowest BCUT2D eigenvalue weighted by Crippen LogP contribution is -2.58. The zero-order chi connectivity index (χ0) is 12.1. The molecule has 2 unspecified atom stereocenters. The van der Waals surface area contributed by atoms with Gasteiger partial charge in [0.15, 0.2) is 0 Å². The fourth-order valence-electron chi connectivity index (χ4n) is 3.18. The van der Waals surface area contributed by atoms with E-state index in [-0.39, 0.29) is 5.60 Å². The maximum atomic E-state index is 5.91. The minimum atomic E-state index is -0.0629. The van der Waals surface area contributed by atoms with Crippen LogP contribution in [0.2, 0.25) is 0 Å². The number of hydrogen-bond donors (Lipinski definition) is 1. The Morgan fingerprint density at radius 1 is 1.29 bits per heavy atom. The Balaban J connectivity index is 2.10. The first kappa shape index (κ1) is 13.3. The average Bonchev–Trinajstić information content (AvgIpc) is 2.90. The predicted molar refractivity (Wildman–Crippen MR) is 66.2 cm³/mol. The Hall–Kier alpha value is -0.160. The van der Waals surface area contributed by atoms with Crippen molar-refractivity contribution in [3.63, 3.8) is 0 Å². The van der Waals surface area contributed by atoms with Gasteiger partial charge < -0.3 is 19.5 Å². The van der Waals surface area contributed by atoms with E-state index in [0.29, 0.717) is 12.0 Å². The van der Waals surface area contributed by atoms with Gasteiger partial charge >= 0.3 is 0 Å². The monoisotopic (exact) mass is 243 g/mol.